The van der Waals surface area contributed by atoms with Crippen LogP contribution >= 0.6 is 11.6 Å². The molecule has 0 bridgehead atoms. The first kappa shape index (κ1) is 5.60. The molecule has 0 aromatic heterocycles. The number of rotatable bonds is 2. The highest BCUT2D eigenvalue weighted by Gasteiger charge is 1.67. The molecule has 3 nitrogen and oxygen atoms in total. The third kappa shape index (κ3) is 3.60. The maximum atomic E-state index is 7.60. The second-order valence-electron chi connectivity index (χ2n) is 0.643. The van der Waals surface area contributed by atoms with Crippen LogP contribution in [0.2, 0.25) is 0 Å². The van der Waals surface area contributed by atoms with Crippen molar-refractivity contribution in [2.45, 2.75) is 0 Å². The fourth-order valence-electron chi connectivity index (χ4n) is 0.0825. The fourth-order valence-corrected chi connectivity index (χ4v) is 0.158. The quantitative estimate of drug-likeness (QED) is 0.221. The zero-order valence-corrected chi connectivity index (χ0v) is 3.89. The summed E-state index contributed by atoms with van der Waals surface area (Å²) >= 11 is 5.12. The summed E-state index contributed by atoms with van der Waals surface area (Å²) in [5.74, 6) is 0.407. The maximum Gasteiger partial charge on any atom is 0.0393 e. The van der Waals surface area contributed by atoms with Crippen molar-refractivity contribution < 1.29 is 0 Å². The van der Waals surface area contributed by atoms with E-state index in [1.807, 2.05) is 0 Å². The van der Waals surface area contributed by atoms with Crippen LogP contribution in [0.15, 0.2) is 5.11 Å². The molecule has 0 saturated carbocycles. The van der Waals surface area contributed by atoms with Gasteiger partial charge in [0, 0.05) is 17.3 Å². The van der Waals surface area contributed by atoms with Crippen molar-refractivity contribution >= 4 is 11.6 Å². The lowest BCUT2D eigenvalue weighted by Gasteiger charge is -1.69. The molecule has 0 unspecified atom stereocenters. The van der Waals surface area contributed by atoms with Crippen LogP contribution in [0.4, 0.5) is 0 Å². The normalized spacial score (nSPS) is 6.83. The van der Waals surface area contributed by atoms with Crippen molar-refractivity contribution in [3.05, 3.63) is 10.4 Å². The molecule has 0 atom stereocenters. The molecule has 0 aliphatic heterocycles. The highest BCUT2D eigenvalue weighted by atomic mass is 35.5. The molecule has 0 rings (SSSR count). The Labute approximate surface area is 40.5 Å². The van der Waals surface area contributed by atoms with E-state index in [0.717, 1.165) is 0 Å². The molecule has 0 saturated heterocycles. The Morgan fingerprint density at radius 3 is 2.67 bits per heavy atom. The van der Waals surface area contributed by atoms with E-state index < -0.39 is 0 Å². The average Bonchev–Trinajstić information content (AvgIpc) is 1.61. The maximum absolute atomic E-state index is 7.60. The molecule has 0 radical (unpaired) electrons. The fraction of sp³-hybridized carbons (Fsp3) is 1.00. The average molecular weight is 106 g/mol. The number of nitrogens with zero attached hydrogens (tertiary/aromatic N) is 3. The summed E-state index contributed by atoms with van der Waals surface area (Å²) < 4.78 is 0. The lowest BCUT2D eigenvalue weighted by atomic mass is 10.8. The van der Waals surface area contributed by atoms with Crippen LogP contribution in [-0.2, 0) is 0 Å². The van der Waals surface area contributed by atoms with Gasteiger partial charge in [0.25, 0.3) is 0 Å². The second kappa shape index (κ2) is 4.60. The van der Waals surface area contributed by atoms with Crippen molar-refractivity contribution in [1.82, 2.24) is 0 Å². The van der Waals surface area contributed by atoms with E-state index in [1.54, 1.807) is 0 Å². The summed E-state index contributed by atoms with van der Waals surface area (Å²) in [7, 11) is 0. The van der Waals surface area contributed by atoms with Gasteiger partial charge in [-0.05, 0) is 5.53 Å². The zero-order valence-electron chi connectivity index (χ0n) is 3.13. The van der Waals surface area contributed by atoms with Gasteiger partial charge in [0.2, 0.25) is 0 Å². The summed E-state index contributed by atoms with van der Waals surface area (Å²) in [6.45, 7) is 0.387. The minimum absolute atomic E-state index is 0.387. The Kier molecular flexibility index (Phi) is 4.29. The van der Waals surface area contributed by atoms with Gasteiger partial charge in [-0.2, -0.15) is 0 Å². The molecule has 0 heterocycles. The number of hydrogen-bond donors (Lipinski definition) is 0. The molecule has 0 spiro atoms. The SMILES string of the molecule is [N-]=[N+]=NCCCl. The highest BCUT2D eigenvalue weighted by molar-refractivity contribution is 6.18. The molecule has 0 N–H and O–H groups in total. The number of hydrogen-bond acceptors (Lipinski definition) is 1. The van der Waals surface area contributed by atoms with E-state index in [4.69, 9.17) is 17.1 Å². The van der Waals surface area contributed by atoms with Gasteiger partial charge < -0.3 is 0 Å². The van der Waals surface area contributed by atoms with Gasteiger partial charge in [-0.3, -0.25) is 0 Å². The van der Waals surface area contributed by atoms with Crippen LogP contribution in [0, 0.1) is 0 Å². The van der Waals surface area contributed by atoms with E-state index in [0.29, 0.717) is 12.4 Å². The Hall–Kier alpha value is -0.400. The first-order valence-corrected chi connectivity index (χ1v) is 2.02. The van der Waals surface area contributed by atoms with Crippen molar-refractivity contribution in [1.29, 1.82) is 0 Å². The van der Waals surface area contributed by atoms with Crippen molar-refractivity contribution in [2.24, 2.45) is 5.11 Å². The van der Waals surface area contributed by atoms with Gasteiger partial charge in [-0.15, -0.1) is 11.6 Å². The minimum Gasteiger partial charge on any atom is -0.127 e. The molecule has 4 heteroatoms. The van der Waals surface area contributed by atoms with E-state index >= 15 is 0 Å². The molecule has 0 aliphatic carbocycles. The Morgan fingerprint density at radius 1 is 1.83 bits per heavy atom. The third-order valence-corrected chi connectivity index (χ3v) is 0.417. The molecular weight excluding hydrogens is 101 g/mol. The number of alkyl halides is 1. The number of halogens is 1. The van der Waals surface area contributed by atoms with Crippen LogP contribution in [0.3, 0.4) is 0 Å². The molecular formula is C2H4ClN3. The topological polar surface area (TPSA) is 48.8 Å². The molecule has 0 aromatic carbocycles. The Morgan fingerprint density at radius 2 is 2.50 bits per heavy atom. The van der Waals surface area contributed by atoms with Gasteiger partial charge in [-0.25, -0.2) is 0 Å². The van der Waals surface area contributed by atoms with E-state index in [9.17, 15) is 0 Å². The molecule has 34 valence electrons. The van der Waals surface area contributed by atoms with Gasteiger partial charge >= 0.3 is 0 Å². The summed E-state index contributed by atoms with van der Waals surface area (Å²) in [4.78, 5) is 2.47. The summed E-state index contributed by atoms with van der Waals surface area (Å²) in [6.07, 6.45) is 0. The van der Waals surface area contributed by atoms with Gasteiger partial charge in [0.05, 0.1) is 0 Å². The second-order valence-corrected chi connectivity index (χ2v) is 1.02. The van der Waals surface area contributed by atoms with Crippen LogP contribution in [0.5, 0.6) is 0 Å². The summed E-state index contributed by atoms with van der Waals surface area (Å²) in [5.41, 5.74) is 7.60. The predicted molar refractivity (Wildman–Crippen MR) is 24.7 cm³/mol. The molecule has 0 fully saturated rings. The van der Waals surface area contributed by atoms with Gasteiger partial charge in [0.1, 0.15) is 0 Å². The van der Waals surface area contributed by atoms with Crippen LogP contribution in [-0.4, -0.2) is 12.4 Å². The molecule has 0 aliphatic rings. The Balaban J connectivity index is 2.86. The van der Waals surface area contributed by atoms with E-state index in [1.165, 1.54) is 0 Å². The van der Waals surface area contributed by atoms with Crippen molar-refractivity contribution in [2.75, 3.05) is 12.4 Å². The van der Waals surface area contributed by atoms with Gasteiger partial charge in [0.15, 0.2) is 0 Å². The standard InChI is InChI=1S/C2H4ClN3/c3-1-2-5-6-4/h1-2H2. The Bertz CT molecular complexity index is 65.2. The first-order chi connectivity index (χ1) is 2.91. The number of azide groups is 1. The summed E-state index contributed by atoms with van der Waals surface area (Å²) in [5, 5.41) is 3.14. The minimum atomic E-state index is 0.387. The summed E-state index contributed by atoms with van der Waals surface area (Å²) in [6, 6.07) is 0. The van der Waals surface area contributed by atoms with Crippen molar-refractivity contribution in [3.63, 3.8) is 0 Å². The van der Waals surface area contributed by atoms with E-state index in [2.05, 4.69) is 10.0 Å². The van der Waals surface area contributed by atoms with Gasteiger partial charge in [-0.1, -0.05) is 5.11 Å². The smallest absolute Gasteiger partial charge is 0.0393 e. The highest BCUT2D eigenvalue weighted by Crippen LogP contribution is 1.74. The molecule has 6 heavy (non-hydrogen) atoms. The lowest BCUT2D eigenvalue weighted by molar-refractivity contribution is 1.12. The van der Waals surface area contributed by atoms with E-state index in [-0.39, 0.29) is 0 Å². The van der Waals surface area contributed by atoms with Crippen LogP contribution in [0.25, 0.3) is 10.4 Å². The monoisotopic (exact) mass is 105 g/mol. The zero-order chi connectivity index (χ0) is 4.83. The largest absolute Gasteiger partial charge is 0.127 e. The third-order valence-electron chi connectivity index (χ3n) is 0.248. The predicted octanol–water partition coefficient (Wildman–Crippen LogP) is 1.54. The first-order valence-electron chi connectivity index (χ1n) is 1.48. The van der Waals surface area contributed by atoms with Crippen LogP contribution < -0.4 is 0 Å². The molecule has 0 amide bonds. The van der Waals surface area contributed by atoms with Crippen LogP contribution in [0.1, 0.15) is 0 Å². The molecule has 0 aromatic rings. The van der Waals surface area contributed by atoms with Crippen molar-refractivity contribution in [3.8, 4) is 0 Å². The lowest BCUT2D eigenvalue weighted by Crippen LogP contribution is -1.72.